The normalized spacial score (nSPS) is 42.0. The molecule has 0 spiro atoms. The lowest BCUT2D eigenvalue weighted by Gasteiger charge is -2.36. The molecule has 1 aliphatic carbocycles. The highest BCUT2D eigenvalue weighted by atomic mass is 15.1. The molecule has 2 fully saturated rings. The van der Waals surface area contributed by atoms with Crippen LogP contribution in [0.2, 0.25) is 0 Å². The van der Waals surface area contributed by atoms with Gasteiger partial charge in [-0.05, 0) is 38.6 Å². The summed E-state index contributed by atoms with van der Waals surface area (Å²) in [5.41, 5.74) is 0.375. The van der Waals surface area contributed by atoms with E-state index in [9.17, 15) is 0 Å². The molecule has 3 unspecified atom stereocenters. The van der Waals surface area contributed by atoms with Crippen molar-refractivity contribution in [1.82, 2.24) is 10.6 Å². The van der Waals surface area contributed by atoms with Crippen LogP contribution in [0.25, 0.3) is 0 Å². The van der Waals surface area contributed by atoms with Crippen LogP contribution in [0.5, 0.6) is 0 Å². The Bertz CT molecular complexity index is 197. The van der Waals surface area contributed by atoms with E-state index in [1.54, 1.807) is 0 Å². The summed E-state index contributed by atoms with van der Waals surface area (Å²) in [4.78, 5) is 0. The summed E-state index contributed by atoms with van der Waals surface area (Å²) >= 11 is 0. The maximum absolute atomic E-state index is 3.90. The van der Waals surface area contributed by atoms with Gasteiger partial charge in [0.25, 0.3) is 0 Å². The quantitative estimate of drug-likeness (QED) is 0.747. The van der Waals surface area contributed by atoms with Crippen LogP contribution in [-0.2, 0) is 0 Å². The van der Waals surface area contributed by atoms with E-state index in [2.05, 4.69) is 24.5 Å². The van der Waals surface area contributed by atoms with Gasteiger partial charge in [-0.15, -0.1) is 0 Å². The molecule has 3 atom stereocenters. The van der Waals surface area contributed by atoms with E-state index in [1.807, 2.05) is 0 Å². The second-order valence-corrected chi connectivity index (χ2v) is 5.77. The molecule has 0 aromatic rings. The molecule has 1 heterocycles. The van der Waals surface area contributed by atoms with Crippen molar-refractivity contribution in [2.45, 2.75) is 64.0 Å². The van der Waals surface area contributed by atoms with Gasteiger partial charge in [0, 0.05) is 18.1 Å². The molecule has 2 nitrogen and oxygen atoms in total. The standard InChI is InChI=1S/C13H26N2/c1-3-11-5-4-6-12(9-11)15-13(2)7-8-14-10-13/h11-12,14-15H,3-10H2,1-2H3. The van der Waals surface area contributed by atoms with Gasteiger partial charge in [0.1, 0.15) is 0 Å². The molecule has 88 valence electrons. The second kappa shape index (κ2) is 4.84. The zero-order chi connectivity index (χ0) is 10.7. The van der Waals surface area contributed by atoms with Gasteiger partial charge in [0.15, 0.2) is 0 Å². The van der Waals surface area contributed by atoms with E-state index in [4.69, 9.17) is 0 Å². The Kier molecular flexibility index (Phi) is 3.68. The third-order valence-electron chi connectivity index (χ3n) is 4.28. The molecule has 0 aromatic carbocycles. The van der Waals surface area contributed by atoms with E-state index in [1.165, 1.54) is 45.1 Å². The van der Waals surface area contributed by atoms with Crippen molar-refractivity contribution in [3.8, 4) is 0 Å². The van der Waals surface area contributed by atoms with Crippen LogP contribution in [0.15, 0.2) is 0 Å². The second-order valence-electron chi connectivity index (χ2n) is 5.77. The molecule has 15 heavy (non-hydrogen) atoms. The first-order valence-electron chi connectivity index (χ1n) is 6.70. The highest BCUT2D eigenvalue weighted by Crippen LogP contribution is 2.28. The molecule has 0 amide bonds. The molecular weight excluding hydrogens is 184 g/mol. The summed E-state index contributed by atoms with van der Waals surface area (Å²) in [6, 6.07) is 0.786. The molecule has 2 heteroatoms. The first-order valence-corrected chi connectivity index (χ1v) is 6.70. The molecule has 0 radical (unpaired) electrons. The van der Waals surface area contributed by atoms with Crippen LogP contribution in [0.4, 0.5) is 0 Å². The highest BCUT2D eigenvalue weighted by Gasteiger charge is 2.32. The van der Waals surface area contributed by atoms with Crippen LogP contribution < -0.4 is 10.6 Å². The van der Waals surface area contributed by atoms with Crippen molar-refractivity contribution in [1.29, 1.82) is 0 Å². The summed E-state index contributed by atoms with van der Waals surface area (Å²) in [6.07, 6.45) is 8.36. The minimum atomic E-state index is 0.375. The Labute approximate surface area is 94.2 Å². The van der Waals surface area contributed by atoms with E-state index in [0.29, 0.717) is 5.54 Å². The fourth-order valence-electron chi connectivity index (χ4n) is 3.23. The van der Waals surface area contributed by atoms with Crippen LogP contribution in [0, 0.1) is 5.92 Å². The maximum atomic E-state index is 3.90. The fourth-order valence-corrected chi connectivity index (χ4v) is 3.23. The molecule has 1 aliphatic heterocycles. The van der Waals surface area contributed by atoms with Crippen molar-refractivity contribution in [2.24, 2.45) is 5.92 Å². The molecular formula is C13H26N2. The summed E-state index contributed by atoms with van der Waals surface area (Å²) in [6.45, 7) is 7.06. The predicted octanol–water partition coefficient (Wildman–Crippen LogP) is 2.30. The van der Waals surface area contributed by atoms with Crippen LogP contribution in [-0.4, -0.2) is 24.7 Å². The van der Waals surface area contributed by atoms with Crippen LogP contribution in [0.3, 0.4) is 0 Å². The highest BCUT2D eigenvalue weighted by molar-refractivity contribution is 4.94. The van der Waals surface area contributed by atoms with E-state index in [0.717, 1.165) is 18.5 Å². The number of hydrogen-bond donors (Lipinski definition) is 2. The first kappa shape index (κ1) is 11.4. The Morgan fingerprint density at radius 3 is 2.93 bits per heavy atom. The third-order valence-corrected chi connectivity index (χ3v) is 4.28. The minimum Gasteiger partial charge on any atom is -0.315 e. The largest absolute Gasteiger partial charge is 0.315 e. The molecule has 0 aromatic heterocycles. The predicted molar refractivity (Wildman–Crippen MR) is 65.1 cm³/mol. The molecule has 0 bridgehead atoms. The van der Waals surface area contributed by atoms with Gasteiger partial charge < -0.3 is 10.6 Å². The van der Waals surface area contributed by atoms with Crippen LogP contribution >= 0.6 is 0 Å². The topological polar surface area (TPSA) is 24.1 Å². The zero-order valence-corrected chi connectivity index (χ0v) is 10.3. The Morgan fingerprint density at radius 1 is 1.40 bits per heavy atom. The smallest absolute Gasteiger partial charge is 0.0292 e. The van der Waals surface area contributed by atoms with Crippen LogP contribution in [0.1, 0.15) is 52.4 Å². The summed E-state index contributed by atoms with van der Waals surface area (Å²) in [7, 11) is 0. The summed E-state index contributed by atoms with van der Waals surface area (Å²) in [5.74, 6) is 0.981. The van der Waals surface area contributed by atoms with Crippen molar-refractivity contribution >= 4 is 0 Å². The summed E-state index contributed by atoms with van der Waals surface area (Å²) < 4.78 is 0. The van der Waals surface area contributed by atoms with Gasteiger partial charge in [0.05, 0.1) is 0 Å². The first-order chi connectivity index (χ1) is 7.22. The van der Waals surface area contributed by atoms with E-state index < -0.39 is 0 Å². The number of hydrogen-bond acceptors (Lipinski definition) is 2. The monoisotopic (exact) mass is 210 g/mol. The maximum Gasteiger partial charge on any atom is 0.0292 e. The van der Waals surface area contributed by atoms with Crippen molar-refractivity contribution < 1.29 is 0 Å². The van der Waals surface area contributed by atoms with Gasteiger partial charge in [-0.25, -0.2) is 0 Å². The lowest BCUT2D eigenvalue weighted by molar-refractivity contribution is 0.230. The average molecular weight is 210 g/mol. The van der Waals surface area contributed by atoms with Crippen molar-refractivity contribution in [2.75, 3.05) is 13.1 Å². The molecule has 2 rings (SSSR count). The average Bonchev–Trinajstić information content (AvgIpc) is 2.65. The molecule has 1 saturated heterocycles. The zero-order valence-electron chi connectivity index (χ0n) is 10.3. The third kappa shape index (κ3) is 2.94. The van der Waals surface area contributed by atoms with Gasteiger partial charge in [0.2, 0.25) is 0 Å². The SMILES string of the molecule is CCC1CCCC(NC2(C)CCNC2)C1. The van der Waals surface area contributed by atoms with Gasteiger partial charge >= 0.3 is 0 Å². The number of nitrogens with one attached hydrogen (secondary N) is 2. The van der Waals surface area contributed by atoms with E-state index in [-0.39, 0.29) is 0 Å². The molecule has 2 aliphatic rings. The fraction of sp³-hybridized carbons (Fsp3) is 1.00. The Hall–Kier alpha value is -0.0800. The number of rotatable bonds is 3. The summed E-state index contributed by atoms with van der Waals surface area (Å²) in [5, 5.41) is 7.36. The van der Waals surface area contributed by atoms with E-state index >= 15 is 0 Å². The lowest BCUT2D eigenvalue weighted by atomic mass is 9.83. The van der Waals surface area contributed by atoms with Crippen molar-refractivity contribution in [3.63, 3.8) is 0 Å². The van der Waals surface area contributed by atoms with Gasteiger partial charge in [-0.1, -0.05) is 26.2 Å². The Balaban J connectivity index is 1.83. The molecule has 2 N–H and O–H groups in total. The Morgan fingerprint density at radius 2 is 2.27 bits per heavy atom. The van der Waals surface area contributed by atoms with Gasteiger partial charge in [-0.3, -0.25) is 0 Å². The minimum absolute atomic E-state index is 0.375. The van der Waals surface area contributed by atoms with Gasteiger partial charge in [-0.2, -0.15) is 0 Å². The lowest BCUT2D eigenvalue weighted by Crippen LogP contribution is -2.50. The molecule has 1 saturated carbocycles. The van der Waals surface area contributed by atoms with Crippen molar-refractivity contribution in [3.05, 3.63) is 0 Å².